The van der Waals surface area contributed by atoms with E-state index in [1.165, 1.54) is 16.4 Å². The molecule has 0 aromatic heterocycles. The fourth-order valence-corrected chi connectivity index (χ4v) is 4.99. The van der Waals surface area contributed by atoms with Gasteiger partial charge in [0.15, 0.2) is 0 Å². The van der Waals surface area contributed by atoms with E-state index >= 15 is 0 Å². The monoisotopic (exact) mass is 422 g/mol. The van der Waals surface area contributed by atoms with Crippen molar-refractivity contribution in [3.8, 4) is 5.75 Å². The summed E-state index contributed by atoms with van der Waals surface area (Å²) in [6.07, 6.45) is 1.29. The van der Waals surface area contributed by atoms with E-state index in [1.54, 1.807) is 37.3 Å². The van der Waals surface area contributed by atoms with Crippen molar-refractivity contribution in [2.75, 3.05) is 32.1 Å². The van der Waals surface area contributed by atoms with Gasteiger partial charge in [0.1, 0.15) is 5.75 Å². The van der Waals surface area contributed by atoms with E-state index in [4.69, 9.17) is 16.3 Å². The zero-order chi connectivity index (χ0) is 20.3. The molecule has 0 saturated carbocycles. The predicted molar refractivity (Wildman–Crippen MR) is 109 cm³/mol. The average Bonchev–Trinajstić information content (AvgIpc) is 2.73. The average molecular weight is 423 g/mol. The summed E-state index contributed by atoms with van der Waals surface area (Å²) >= 11 is 5.86. The second kappa shape index (κ2) is 8.51. The largest absolute Gasteiger partial charge is 0.497 e. The Hall–Kier alpha value is -2.09. The second-order valence-corrected chi connectivity index (χ2v) is 9.13. The highest BCUT2D eigenvalue weighted by atomic mass is 35.5. The van der Waals surface area contributed by atoms with Crippen molar-refractivity contribution in [3.05, 3.63) is 53.6 Å². The Morgan fingerprint density at radius 2 is 1.93 bits per heavy atom. The van der Waals surface area contributed by atoms with Gasteiger partial charge in [0.25, 0.3) is 0 Å². The molecule has 1 saturated heterocycles. The lowest BCUT2D eigenvalue weighted by Crippen LogP contribution is -2.45. The van der Waals surface area contributed by atoms with Gasteiger partial charge in [-0.15, -0.1) is 0 Å². The van der Waals surface area contributed by atoms with E-state index in [0.29, 0.717) is 35.8 Å². The number of amides is 1. The molecule has 1 aliphatic heterocycles. The summed E-state index contributed by atoms with van der Waals surface area (Å²) in [5, 5.41) is 0.477. The molecular weight excluding hydrogens is 400 g/mol. The standard InChI is InChI=1S/C20H23ClN2O4S/c1-22(17-6-3-7-18(13-17)27-2)20(24)15-5-4-12-23(14-15)28(25,26)19-10-8-16(21)9-11-19/h3,6-11,13,15H,4-5,12,14H2,1-2H3/t15-/m1/s1. The molecule has 8 heteroatoms. The number of methoxy groups -OCH3 is 1. The third-order valence-electron chi connectivity index (χ3n) is 4.96. The Bertz CT molecular complexity index is 947. The number of piperidine rings is 1. The quantitative estimate of drug-likeness (QED) is 0.740. The van der Waals surface area contributed by atoms with E-state index in [-0.39, 0.29) is 17.3 Å². The minimum atomic E-state index is -3.66. The van der Waals surface area contributed by atoms with E-state index in [1.807, 2.05) is 18.2 Å². The van der Waals surface area contributed by atoms with Crippen LogP contribution >= 0.6 is 11.6 Å². The number of nitrogens with zero attached hydrogens (tertiary/aromatic N) is 2. The molecule has 150 valence electrons. The summed E-state index contributed by atoms with van der Waals surface area (Å²) in [5.74, 6) is 0.157. The van der Waals surface area contributed by atoms with Gasteiger partial charge in [-0.2, -0.15) is 4.31 Å². The van der Waals surface area contributed by atoms with Crippen LogP contribution in [-0.4, -0.2) is 45.9 Å². The van der Waals surface area contributed by atoms with Crippen LogP contribution in [-0.2, 0) is 14.8 Å². The van der Waals surface area contributed by atoms with Gasteiger partial charge in [0.05, 0.1) is 17.9 Å². The van der Waals surface area contributed by atoms with Crippen LogP contribution in [0.2, 0.25) is 5.02 Å². The number of rotatable bonds is 5. The molecule has 1 amide bonds. The molecule has 2 aromatic rings. The van der Waals surface area contributed by atoms with Crippen molar-refractivity contribution in [2.24, 2.45) is 5.92 Å². The topological polar surface area (TPSA) is 66.9 Å². The molecule has 6 nitrogen and oxygen atoms in total. The van der Waals surface area contributed by atoms with Gasteiger partial charge in [-0.05, 0) is 49.2 Å². The number of benzene rings is 2. The van der Waals surface area contributed by atoms with Crippen LogP contribution in [0.4, 0.5) is 5.69 Å². The zero-order valence-electron chi connectivity index (χ0n) is 15.8. The molecule has 28 heavy (non-hydrogen) atoms. The highest BCUT2D eigenvalue weighted by Crippen LogP contribution is 2.28. The summed E-state index contributed by atoms with van der Waals surface area (Å²) in [4.78, 5) is 14.7. The fraction of sp³-hybridized carbons (Fsp3) is 0.350. The summed E-state index contributed by atoms with van der Waals surface area (Å²) in [6.45, 7) is 0.565. The minimum Gasteiger partial charge on any atom is -0.497 e. The summed E-state index contributed by atoms with van der Waals surface area (Å²) in [5.41, 5.74) is 0.710. The fourth-order valence-electron chi connectivity index (χ4n) is 3.34. The normalized spacial score (nSPS) is 17.9. The number of hydrogen-bond acceptors (Lipinski definition) is 4. The van der Waals surface area contributed by atoms with Crippen LogP contribution in [0.3, 0.4) is 0 Å². The van der Waals surface area contributed by atoms with Crippen molar-refractivity contribution in [3.63, 3.8) is 0 Å². The molecule has 0 spiro atoms. The third kappa shape index (κ3) is 4.32. The van der Waals surface area contributed by atoms with Gasteiger partial charge in [0.2, 0.25) is 15.9 Å². The molecule has 3 rings (SSSR count). The van der Waals surface area contributed by atoms with Gasteiger partial charge < -0.3 is 9.64 Å². The van der Waals surface area contributed by atoms with E-state index in [0.717, 1.165) is 0 Å². The van der Waals surface area contributed by atoms with Crippen molar-refractivity contribution in [1.29, 1.82) is 0 Å². The maximum atomic E-state index is 13.0. The first-order valence-corrected chi connectivity index (χ1v) is 10.8. The zero-order valence-corrected chi connectivity index (χ0v) is 17.4. The molecule has 0 aliphatic carbocycles. The number of hydrogen-bond donors (Lipinski definition) is 0. The van der Waals surface area contributed by atoms with Crippen molar-refractivity contribution in [1.82, 2.24) is 4.31 Å². The van der Waals surface area contributed by atoms with Crippen LogP contribution in [0.5, 0.6) is 5.75 Å². The Kier molecular flexibility index (Phi) is 6.27. The Balaban J connectivity index is 1.76. The molecule has 0 radical (unpaired) electrons. The van der Waals surface area contributed by atoms with Gasteiger partial charge in [-0.25, -0.2) is 8.42 Å². The molecule has 1 aliphatic rings. The van der Waals surface area contributed by atoms with Crippen LogP contribution in [0.25, 0.3) is 0 Å². The molecule has 0 N–H and O–H groups in total. The molecule has 0 bridgehead atoms. The number of sulfonamides is 1. The Morgan fingerprint density at radius 1 is 1.21 bits per heavy atom. The van der Waals surface area contributed by atoms with Gasteiger partial charge in [-0.1, -0.05) is 17.7 Å². The van der Waals surface area contributed by atoms with Crippen LogP contribution in [0.1, 0.15) is 12.8 Å². The van der Waals surface area contributed by atoms with E-state index < -0.39 is 15.9 Å². The number of anilines is 1. The summed E-state index contributed by atoms with van der Waals surface area (Å²) in [6, 6.07) is 13.3. The lowest BCUT2D eigenvalue weighted by atomic mass is 9.98. The van der Waals surface area contributed by atoms with Gasteiger partial charge in [-0.3, -0.25) is 4.79 Å². The number of halogens is 1. The smallest absolute Gasteiger partial charge is 0.243 e. The van der Waals surface area contributed by atoms with Crippen LogP contribution in [0, 0.1) is 5.92 Å². The van der Waals surface area contributed by atoms with Crippen LogP contribution < -0.4 is 9.64 Å². The number of ether oxygens (including phenoxy) is 1. The molecule has 1 fully saturated rings. The summed E-state index contributed by atoms with van der Waals surface area (Å²) < 4.78 is 32.5. The van der Waals surface area contributed by atoms with Crippen molar-refractivity contribution < 1.29 is 17.9 Å². The predicted octanol–water partition coefficient (Wildman–Crippen LogP) is 3.41. The molecule has 1 heterocycles. The molecule has 0 unspecified atom stereocenters. The molecule has 2 aromatic carbocycles. The van der Waals surface area contributed by atoms with Crippen LogP contribution in [0.15, 0.2) is 53.4 Å². The van der Waals surface area contributed by atoms with Crippen molar-refractivity contribution in [2.45, 2.75) is 17.7 Å². The Morgan fingerprint density at radius 3 is 2.61 bits per heavy atom. The van der Waals surface area contributed by atoms with E-state index in [2.05, 4.69) is 0 Å². The molecular formula is C20H23ClN2O4S. The number of carbonyl (C=O) groups excluding carboxylic acids is 1. The second-order valence-electron chi connectivity index (χ2n) is 6.75. The van der Waals surface area contributed by atoms with Crippen molar-refractivity contribution >= 4 is 33.2 Å². The highest BCUT2D eigenvalue weighted by molar-refractivity contribution is 7.89. The summed E-state index contributed by atoms with van der Waals surface area (Å²) in [7, 11) is -0.393. The lowest BCUT2D eigenvalue weighted by molar-refractivity contribution is -0.123. The third-order valence-corrected chi connectivity index (χ3v) is 7.09. The van der Waals surface area contributed by atoms with E-state index in [9.17, 15) is 13.2 Å². The van der Waals surface area contributed by atoms with Gasteiger partial charge in [0, 0.05) is 36.9 Å². The highest BCUT2D eigenvalue weighted by Gasteiger charge is 2.34. The first-order chi connectivity index (χ1) is 13.3. The SMILES string of the molecule is COc1cccc(N(C)C(=O)[C@@H]2CCCN(S(=O)(=O)c3ccc(Cl)cc3)C2)c1. The van der Waals surface area contributed by atoms with Gasteiger partial charge >= 0.3 is 0 Å². The lowest BCUT2D eigenvalue weighted by Gasteiger charge is -2.33. The minimum absolute atomic E-state index is 0.107. The first kappa shape index (κ1) is 20.6. The Labute approximate surface area is 170 Å². The molecule has 1 atom stereocenters. The maximum Gasteiger partial charge on any atom is 0.243 e. The first-order valence-electron chi connectivity index (χ1n) is 9.00. The maximum absolute atomic E-state index is 13.0. The number of carbonyl (C=O) groups is 1.